The summed E-state index contributed by atoms with van der Waals surface area (Å²) in [6.45, 7) is 9.46. The van der Waals surface area contributed by atoms with Crippen LogP contribution in [0.2, 0.25) is 0 Å². The van der Waals surface area contributed by atoms with Crippen LogP contribution in [0.5, 0.6) is 0 Å². The Morgan fingerprint density at radius 1 is 1.00 bits per heavy atom. The number of hydrogen-bond donors (Lipinski definition) is 0. The number of carbonyl (C=O) groups is 3. The molecule has 2 aliphatic heterocycles. The van der Waals surface area contributed by atoms with Gasteiger partial charge in [-0.25, -0.2) is 0 Å². The van der Waals surface area contributed by atoms with Crippen molar-refractivity contribution in [3.05, 3.63) is 0 Å². The molecule has 3 fully saturated rings. The maximum Gasteiger partial charge on any atom is 0.236 e. The van der Waals surface area contributed by atoms with E-state index in [0.717, 1.165) is 52.0 Å². The van der Waals surface area contributed by atoms with Crippen molar-refractivity contribution in [2.45, 2.75) is 58.4 Å². The largest absolute Gasteiger partial charge is 0.342 e. The molecule has 1 saturated carbocycles. The number of carbonyl (C=O) groups excluding carboxylic acids is 3. The highest BCUT2D eigenvalue weighted by atomic mass is 16.2. The summed E-state index contributed by atoms with van der Waals surface area (Å²) in [5.74, 6) is 0.271. The van der Waals surface area contributed by atoms with Gasteiger partial charge in [-0.2, -0.15) is 0 Å². The average molecular weight is 393 g/mol. The topological polar surface area (TPSA) is 64.2 Å². The van der Waals surface area contributed by atoms with Crippen LogP contribution in [0.25, 0.3) is 0 Å². The van der Waals surface area contributed by atoms with Crippen molar-refractivity contribution < 1.29 is 14.4 Å². The molecular formula is C21H36N4O3. The Bertz CT molecular complexity index is 572. The fourth-order valence-electron chi connectivity index (χ4n) is 4.94. The molecule has 2 heterocycles. The predicted molar refractivity (Wildman–Crippen MR) is 108 cm³/mol. The second-order valence-electron chi connectivity index (χ2n) is 8.41. The second kappa shape index (κ2) is 9.72. The number of nitrogens with zero attached hydrogens (tertiary/aromatic N) is 4. The highest BCUT2D eigenvalue weighted by molar-refractivity contribution is 5.89. The molecule has 2 saturated heterocycles. The van der Waals surface area contributed by atoms with E-state index in [4.69, 9.17) is 0 Å². The van der Waals surface area contributed by atoms with Crippen LogP contribution in [0, 0.1) is 5.92 Å². The molecule has 7 heteroatoms. The Kier molecular flexibility index (Phi) is 7.32. The van der Waals surface area contributed by atoms with E-state index >= 15 is 0 Å². The van der Waals surface area contributed by atoms with Crippen LogP contribution in [0.4, 0.5) is 0 Å². The van der Waals surface area contributed by atoms with Crippen molar-refractivity contribution in [3.63, 3.8) is 0 Å². The maximum absolute atomic E-state index is 13.0. The van der Waals surface area contributed by atoms with Crippen LogP contribution in [0.15, 0.2) is 0 Å². The molecular weight excluding hydrogens is 356 g/mol. The number of likely N-dealkylation sites (tertiary alicyclic amines) is 1. The van der Waals surface area contributed by atoms with Gasteiger partial charge in [0.2, 0.25) is 17.7 Å². The van der Waals surface area contributed by atoms with Gasteiger partial charge in [0.1, 0.15) is 0 Å². The van der Waals surface area contributed by atoms with Crippen LogP contribution in [0.3, 0.4) is 0 Å². The number of rotatable bonds is 6. The Hall–Kier alpha value is -1.63. The molecule has 1 unspecified atom stereocenters. The summed E-state index contributed by atoms with van der Waals surface area (Å²) in [6.07, 6.45) is 5.82. The SMILES string of the molecule is CCN(CC)C(=O)CN1CCCN(C(=O)C2CC(=O)N(C3CCCC3)C2)CC1. The van der Waals surface area contributed by atoms with E-state index < -0.39 is 0 Å². The Labute approximate surface area is 169 Å². The van der Waals surface area contributed by atoms with Gasteiger partial charge in [-0.05, 0) is 33.1 Å². The van der Waals surface area contributed by atoms with E-state index in [-0.39, 0.29) is 23.6 Å². The molecule has 7 nitrogen and oxygen atoms in total. The van der Waals surface area contributed by atoms with Gasteiger partial charge in [-0.15, -0.1) is 0 Å². The Morgan fingerprint density at radius 2 is 1.71 bits per heavy atom. The summed E-state index contributed by atoms with van der Waals surface area (Å²) in [7, 11) is 0. The third-order valence-corrected chi connectivity index (χ3v) is 6.65. The van der Waals surface area contributed by atoms with Gasteiger partial charge in [0, 0.05) is 58.3 Å². The molecule has 3 rings (SSSR count). The minimum atomic E-state index is -0.183. The van der Waals surface area contributed by atoms with Crippen molar-refractivity contribution in [2.75, 3.05) is 52.4 Å². The van der Waals surface area contributed by atoms with Gasteiger partial charge >= 0.3 is 0 Å². The molecule has 1 atom stereocenters. The highest BCUT2D eigenvalue weighted by Crippen LogP contribution is 2.30. The minimum Gasteiger partial charge on any atom is -0.342 e. The molecule has 0 N–H and O–H groups in total. The molecule has 3 amide bonds. The monoisotopic (exact) mass is 392 g/mol. The smallest absolute Gasteiger partial charge is 0.236 e. The summed E-state index contributed by atoms with van der Waals surface area (Å²) < 4.78 is 0. The molecule has 0 radical (unpaired) electrons. The van der Waals surface area contributed by atoms with E-state index in [1.54, 1.807) is 0 Å². The zero-order valence-electron chi connectivity index (χ0n) is 17.6. The van der Waals surface area contributed by atoms with Crippen molar-refractivity contribution in [2.24, 2.45) is 5.92 Å². The standard InChI is InChI=1S/C21H36N4O3/c1-3-23(4-2)20(27)16-22-10-7-11-24(13-12-22)21(28)17-14-19(26)25(15-17)18-8-5-6-9-18/h17-18H,3-16H2,1-2H3. The van der Waals surface area contributed by atoms with E-state index in [9.17, 15) is 14.4 Å². The fourth-order valence-corrected chi connectivity index (χ4v) is 4.94. The summed E-state index contributed by atoms with van der Waals surface area (Å²) >= 11 is 0. The molecule has 0 aromatic carbocycles. The zero-order chi connectivity index (χ0) is 20.1. The molecule has 0 aromatic heterocycles. The summed E-state index contributed by atoms with van der Waals surface area (Å²) in [5.41, 5.74) is 0. The lowest BCUT2D eigenvalue weighted by Crippen LogP contribution is -2.43. The van der Waals surface area contributed by atoms with Gasteiger partial charge in [0.25, 0.3) is 0 Å². The summed E-state index contributed by atoms with van der Waals surface area (Å²) in [4.78, 5) is 45.8. The van der Waals surface area contributed by atoms with Crippen molar-refractivity contribution >= 4 is 17.7 Å². The lowest BCUT2D eigenvalue weighted by Gasteiger charge is -2.27. The zero-order valence-corrected chi connectivity index (χ0v) is 17.6. The molecule has 3 aliphatic rings. The number of hydrogen-bond acceptors (Lipinski definition) is 4. The number of likely N-dealkylation sites (N-methyl/N-ethyl adjacent to an activating group) is 1. The maximum atomic E-state index is 13.0. The van der Waals surface area contributed by atoms with E-state index in [0.29, 0.717) is 32.1 Å². The minimum absolute atomic E-state index is 0.130. The average Bonchev–Trinajstić information content (AvgIpc) is 3.28. The molecule has 0 aromatic rings. The fraction of sp³-hybridized carbons (Fsp3) is 0.857. The van der Waals surface area contributed by atoms with Crippen molar-refractivity contribution in [3.8, 4) is 0 Å². The Morgan fingerprint density at radius 3 is 2.39 bits per heavy atom. The van der Waals surface area contributed by atoms with Crippen LogP contribution >= 0.6 is 0 Å². The first-order chi connectivity index (χ1) is 13.5. The predicted octanol–water partition coefficient (Wildman–Crippen LogP) is 1.18. The normalized spacial score (nSPS) is 24.6. The van der Waals surface area contributed by atoms with Gasteiger partial charge in [0.05, 0.1) is 12.5 Å². The van der Waals surface area contributed by atoms with Gasteiger partial charge in [-0.3, -0.25) is 19.3 Å². The van der Waals surface area contributed by atoms with Crippen molar-refractivity contribution in [1.82, 2.24) is 19.6 Å². The van der Waals surface area contributed by atoms with Crippen LogP contribution in [0.1, 0.15) is 52.4 Å². The summed E-state index contributed by atoms with van der Waals surface area (Å²) in [5, 5.41) is 0. The van der Waals surface area contributed by atoms with Gasteiger partial charge < -0.3 is 14.7 Å². The van der Waals surface area contributed by atoms with Crippen LogP contribution in [-0.2, 0) is 14.4 Å². The second-order valence-corrected chi connectivity index (χ2v) is 8.41. The first kappa shape index (κ1) is 21.1. The van der Waals surface area contributed by atoms with Crippen LogP contribution in [-0.4, -0.2) is 95.7 Å². The first-order valence-corrected chi connectivity index (χ1v) is 11.1. The van der Waals surface area contributed by atoms with E-state index in [1.165, 1.54) is 12.8 Å². The molecule has 28 heavy (non-hydrogen) atoms. The lowest BCUT2D eigenvalue weighted by molar-refractivity contribution is -0.135. The number of amides is 3. The quantitative estimate of drug-likeness (QED) is 0.681. The van der Waals surface area contributed by atoms with Gasteiger partial charge in [-0.1, -0.05) is 12.8 Å². The van der Waals surface area contributed by atoms with Crippen molar-refractivity contribution in [1.29, 1.82) is 0 Å². The van der Waals surface area contributed by atoms with Gasteiger partial charge in [0.15, 0.2) is 0 Å². The first-order valence-electron chi connectivity index (χ1n) is 11.1. The molecule has 158 valence electrons. The molecule has 0 spiro atoms. The third-order valence-electron chi connectivity index (χ3n) is 6.65. The molecule has 0 bridgehead atoms. The summed E-state index contributed by atoms with van der Waals surface area (Å²) in [6, 6.07) is 0.357. The highest BCUT2D eigenvalue weighted by Gasteiger charge is 2.40. The third kappa shape index (κ3) is 4.85. The lowest BCUT2D eigenvalue weighted by atomic mass is 10.1. The molecule has 1 aliphatic carbocycles. The van der Waals surface area contributed by atoms with E-state index in [2.05, 4.69) is 4.90 Å². The Balaban J connectivity index is 1.50. The van der Waals surface area contributed by atoms with E-state index in [1.807, 2.05) is 28.5 Å². The van der Waals surface area contributed by atoms with Crippen LogP contribution < -0.4 is 0 Å².